The summed E-state index contributed by atoms with van der Waals surface area (Å²) in [5.41, 5.74) is 0. The van der Waals surface area contributed by atoms with Crippen LogP contribution in [0.3, 0.4) is 0 Å². The molecule has 0 saturated carbocycles. The molecule has 0 rings (SSSR count). The minimum atomic E-state index is 0. The summed E-state index contributed by atoms with van der Waals surface area (Å²) in [5.74, 6) is 0. The summed E-state index contributed by atoms with van der Waals surface area (Å²) in [6, 6.07) is 0. The van der Waals surface area contributed by atoms with Crippen LogP contribution in [0, 0.1) is 28.4 Å². The van der Waals surface area contributed by atoms with E-state index < -0.39 is 0 Å². The van der Waals surface area contributed by atoms with E-state index >= 15 is 0 Å². The molecular weight excluding hydrogens is 865 g/mol. The van der Waals surface area contributed by atoms with E-state index in [0.29, 0.717) is 6.54 Å². The molecule has 0 aliphatic carbocycles. The van der Waals surface area contributed by atoms with Crippen molar-refractivity contribution in [3.05, 3.63) is 28.4 Å². The average molecular weight is 888 g/mol. The maximum Gasteiger partial charge on any atom is 1.00 e. The molecule has 0 aliphatic rings. The Morgan fingerprint density at radius 3 is 1.38 bits per heavy atom. The fraction of sp³-hybridized carbons (Fsp3) is 0.556. The Morgan fingerprint density at radius 1 is 1.19 bits per heavy atom. The summed E-state index contributed by atoms with van der Waals surface area (Å²) >= 11 is 0. The molecule has 0 amide bonds. The number of hydrogen-bond donors (Lipinski definition) is 0. The standard InChI is InChI=1S/C4H9NO.C2H6.C2H5.CH3.2Rb.Re.Rf.Rh/c1-4-5(2)6-3;2*1-2;;;;;;/h1,3-4H2,2H3;1-2H3;1H2,2H3;1H3;;;;;/q-2;;2*-1;;+1;;;. The van der Waals surface area contributed by atoms with Gasteiger partial charge in [-0.1, -0.05) is 13.8 Å². The molecule has 0 aromatic carbocycles. The van der Waals surface area contributed by atoms with Crippen LogP contribution in [0.4, 0.5) is 0 Å². The molecule has 0 spiro atoms. The van der Waals surface area contributed by atoms with Gasteiger partial charge in [-0.2, -0.15) is 6.92 Å². The second kappa shape index (κ2) is 76.8. The minimum absolute atomic E-state index is 0. The third kappa shape index (κ3) is 82.5. The van der Waals surface area contributed by atoms with Gasteiger partial charge in [0.2, 0.25) is 0 Å². The number of hydrogen-bond acceptors (Lipinski definition) is 2. The Bertz CT molecular complexity index is 52.7. The molecule has 0 saturated heterocycles. The first-order valence-electron chi connectivity index (χ1n) is 3.44. The van der Waals surface area contributed by atoms with Crippen LogP contribution < -0.4 is 58.2 Å². The predicted molar refractivity (Wildman–Crippen MR) is 59.0 cm³/mol. The first-order chi connectivity index (χ1) is 4.81. The van der Waals surface area contributed by atoms with Gasteiger partial charge in [-0.15, -0.1) is 6.54 Å². The second-order valence-corrected chi connectivity index (χ2v) is 0.981. The van der Waals surface area contributed by atoms with Gasteiger partial charge >= 0.3 is 58.2 Å². The van der Waals surface area contributed by atoms with Crippen LogP contribution in [-0.2, 0) is 44.7 Å². The first kappa shape index (κ1) is 60.0. The van der Waals surface area contributed by atoms with Gasteiger partial charge in [-0.3, -0.25) is 5.06 Å². The van der Waals surface area contributed by atoms with Crippen LogP contribution in [0.1, 0.15) is 20.8 Å². The molecule has 0 aromatic rings. The van der Waals surface area contributed by atoms with Crippen molar-refractivity contribution in [2.45, 2.75) is 20.8 Å². The van der Waals surface area contributed by atoms with Gasteiger partial charge in [0.05, 0.1) is 0 Å². The molecule has 2 nitrogen and oxygen atoms in total. The van der Waals surface area contributed by atoms with Crippen molar-refractivity contribution in [3.63, 3.8) is 0 Å². The van der Waals surface area contributed by atoms with Crippen molar-refractivity contribution in [2.24, 2.45) is 0 Å². The van der Waals surface area contributed by atoms with Gasteiger partial charge < -0.3 is 26.1 Å². The maximum atomic E-state index is 4.42. The number of nitrogens with zero attached hydrogens (tertiary/aromatic N) is 1. The largest absolute Gasteiger partial charge is 1.00 e. The molecule has 7 heteroatoms. The Labute approximate surface area is 223 Å². The van der Waals surface area contributed by atoms with Gasteiger partial charge in [0, 0.05) is 105 Å². The van der Waals surface area contributed by atoms with Gasteiger partial charge in [0.1, 0.15) is 0 Å². The molecule has 0 fully saturated rings. The van der Waals surface area contributed by atoms with Gasteiger partial charge in [-0.05, 0) is 0 Å². The Balaban J connectivity index is -0.00000000643. The van der Waals surface area contributed by atoms with E-state index in [1.807, 2.05) is 13.8 Å². The summed E-state index contributed by atoms with van der Waals surface area (Å²) in [7, 11) is 4.91. The molecule has 16 heavy (non-hydrogen) atoms. The molecular formula is C9H23NORb2ReRfRh-3. The third-order valence-electron chi connectivity index (χ3n) is 0.535. The Morgan fingerprint density at radius 2 is 1.38 bits per heavy atom. The summed E-state index contributed by atoms with van der Waals surface area (Å²) in [4.78, 5) is 4.42. The van der Waals surface area contributed by atoms with Crippen LogP contribution in [0.5, 0.6) is 0 Å². The molecule has 0 heterocycles. The SMILES string of the molecule is CC.[CH2-]C.[CH2-]CN(C)O[CH2-].[CH3-].[Rb+].[Rb].[Re].[Rf].[Rh]. The first-order valence-corrected chi connectivity index (χ1v) is 3.44. The van der Waals surface area contributed by atoms with E-state index in [1.165, 1.54) is 5.06 Å². The summed E-state index contributed by atoms with van der Waals surface area (Å²) in [6.45, 7) is 13.1. The fourth-order valence-corrected chi connectivity index (χ4v) is 0.0645. The Kier molecular flexibility index (Phi) is 288. The van der Waals surface area contributed by atoms with Gasteiger partial charge in [-0.25, -0.2) is 7.11 Å². The minimum Gasteiger partial charge on any atom is -0.478 e. The van der Waals surface area contributed by atoms with E-state index in [9.17, 15) is 0 Å². The van der Waals surface area contributed by atoms with E-state index in [2.05, 4.69) is 25.8 Å². The molecule has 0 bridgehead atoms. The molecule has 0 aliphatic heterocycles. The van der Waals surface area contributed by atoms with Crippen LogP contribution in [0.15, 0.2) is 0 Å². The number of rotatable bonds is 2. The quantitative estimate of drug-likeness (QED) is 0.209. The zero-order valence-corrected chi connectivity index (χ0v) is 32.7. The smallest absolute Gasteiger partial charge is 0.478 e. The van der Waals surface area contributed by atoms with E-state index in [4.69, 9.17) is 0 Å². The van der Waals surface area contributed by atoms with E-state index in [-0.39, 0.29) is 164 Å². The third-order valence-corrected chi connectivity index (χ3v) is 0.535. The molecule has 0 atom stereocenters. The monoisotopic (exact) mass is 888 g/mol. The normalized spacial score (nSPS) is 4.50. The average Bonchev–Trinajstić information content (AvgIpc) is 2.10. The predicted octanol–water partition coefficient (Wildman–Crippen LogP) is -0.589. The molecule has 0 N–H and O–H groups in total. The summed E-state index contributed by atoms with van der Waals surface area (Å²) in [6.07, 6.45) is 0. The molecule has 3 radical (unpaired) electrons. The van der Waals surface area contributed by atoms with Crippen molar-refractivity contribution in [2.75, 3.05) is 13.6 Å². The van der Waals surface area contributed by atoms with Crippen molar-refractivity contribution in [1.29, 1.82) is 0 Å². The number of hydroxylamine groups is 2. The van der Waals surface area contributed by atoms with Crippen LogP contribution >= 0.6 is 0 Å². The maximum absolute atomic E-state index is 4.42. The second-order valence-electron chi connectivity index (χ2n) is 0.981. The topological polar surface area (TPSA) is 12.5 Å². The fourth-order valence-electron chi connectivity index (χ4n) is 0.0645. The van der Waals surface area contributed by atoms with Crippen LogP contribution in [0.2, 0.25) is 0 Å². The van der Waals surface area contributed by atoms with Crippen molar-refractivity contribution in [3.8, 4) is 0 Å². The van der Waals surface area contributed by atoms with E-state index in [1.54, 1.807) is 14.0 Å². The zero-order valence-electron chi connectivity index (χ0n) is 12.1. The van der Waals surface area contributed by atoms with E-state index in [0.717, 1.165) is 0 Å². The van der Waals surface area contributed by atoms with Crippen LogP contribution in [0.25, 0.3) is 0 Å². The Hall–Kier alpha value is 3.82. The van der Waals surface area contributed by atoms with Crippen LogP contribution in [-0.4, -0.2) is 76.8 Å². The zero-order chi connectivity index (χ0) is 8.99. The molecule has 93 valence electrons. The van der Waals surface area contributed by atoms with Gasteiger partial charge in [0.15, 0.2) is 0 Å². The molecule has 0 aromatic heterocycles. The van der Waals surface area contributed by atoms with Crippen molar-refractivity contribution in [1.82, 2.24) is 5.06 Å². The molecule has 0 unspecified atom stereocenters. The summed E-state index contributed by atoms with van der Waals surface area (Å²) < 4.78 is 0. The van der Waals surface area contributed by atoms with Crippen molar-refractivity contribution >= 4 is 58.2 Å². The van der Waals surface area contributed by atoms with Gasteiger partial charge in [0.25, 0.3) is 0 Å². The summed E-state index contributed by atoms with van der Waals surface area (Å²) in [5, 5.41) is 1.53. The van der Waals surface area contributed by atoms with Crippen molar-refractivity contribution < 1.29 is 103 Å².